The molecule has 0 fully saturated rings. The first-order valence-electron chi connectivity index (χ1n) is 5.05. The fraction of sp³-hybridized carbons (Fsp3) is 0.167. The van der Waals surface area contributed by atoms with Gasteiger partial charge >= 0.3 is 0 Å². The Hall–Kier alpha value is -2.10. The van der Waals surface area contributed by atoms with Crippen LogP contribution in [0.15, 0.2) is 27.4 Å². The lowest BCUT2D eigenvalue weighted by molar-refractivity contribution is 0.646. The lowest BCUT2D eigenvalue weighted by Gasteiger charge is -1.97. The van der Waals surface area contributed by atoms with Gasteiger partial charge in [-0.3, -0.25) is 4.79 Å². The van der Waals surface area contributed by atoms with Gasteiger partial charge in [-0.05, 0) is 31.5 Å². The van der Waals surface area contributed by atoms with Crippen molar-refractivity contribution in [1.82, 2.24) is 9.97 Å². The largest absolute Gasteiger partial charge is 0.436 e. The number of imidazole rings is 1. The zero-order chi connectivity index (χ0) is 11.3. The van der Waals surface area contributed by atoms with E-state index < -0.39 is 0 Å². The number of H-pyrrole nitrogens is 1. The Morgan fingerprint density at radius 2 is 2.12 bits per heavy atom. The van der Waals surface area contributed by atoms with E-state index in [1.807, 2.05) is 19.1 Å². The number of nitrogens with one attached hydrogen (secondary N) is 1. The smallest absolute Gasteiger partial charge is 0.249 e. The molecule has 0 aliphatic carbocycles. The van der Waals surface area contributed by atoms with Gasteiger partial charge in [-0.2, -0.15) is 4.98 Å². The summed E-state index contributed by atoms with van der Waals surface area (Å²) in [5, 5.41) is 0.585. The second-order valence-corrected chi connectivity index (χ2v) is 3.93. The van der Waals surface area contributed by atoms with Crippen LogP contribution in [0, 0.1) is 13.8 Å². The van der Waals surface area contributed by atoms with Crippen LogP contribution in [0.3, 0.4) is 0 Å². The van der Waals surface area contributed by atoms with Crippen molar-refractivity contribution in [2.75, 3.05) is 0 Å². The van der Waals surface area contributed by atoms with Crippen LogP contribution in [0.25, 0.3) is 22.2 Å². The van der Waals surface area contributed by atoms with Gasteiger partial charge in [-0.15, -0.1) is 0 Å². The summed E-state index contributed by atoms with van der Waals surface area (Å²) in [6, 6.07) is 5.53. The molecule has 0 bridgehead atoms. The summed E-state index contributed by atoms with van der Waals surface area (Å²) in [5.74, 6) is 0.683. The van der Waals surface area contributed by atoms with Gasteiger partial charge < -0.3 is 9.40 Å². The predicted molar refractivity (Wildman–Crippen MR) is 61.6 cm³/mol. The molecule has 1 N–H and O–H groups in total. The third kappa shape index (κ3) is 1.16. The standard InChI is InChI=1S/C12H10N2O2/c1-6-3-4-8-9(5-6)16-12-10(11(8)15)13-7(2)14-12/h3-5H,1-2H3,(H,13,14). The maximum absolute atomic E-state index is 12.1. The number of nitrogens with zero attached hydrogens (tertiary/aromatic N) is 1. The highest BCUT2D eigenvalue weighted by Gasteiger charge is 2.10. The average molecular weight is 214 g/mol. The van der Waals surface area contributed by atoms with Crippen molar-refractivity contribution in [1.29, 1.82) is 0 Å². The van der Waals surface area contributed by atoms with E-state index in [1.54, 1.807) is 13.0 Å². The lowest BCUT2D eigenvalue weighted by atomic mass is 10.1. The van der Waals surface area contributed by atoms with Crippen molar-refractivity contribution in [2.45, 2.75) is 13.8 Å². The Morgan fingerprint density at radius 3 is 2.94 bits per heavy atom. The first-order chi connectivity index (χ1) is 7.65. The van der Waals surface area contributed by atoms with Gasteiger partial charge in [-0.25, -0.2) is 0 Å². The minimum atomic E-state index is -0.0585. The summed E-state index contributed by atoms with van der Waals surface area (Å²) < 4.78 is 5.59. The molecule has 0 aliphatic rings. The summed E-state index contributed by atoms with van der Waals surface area (Å²) in [5.41, 5.74) is 2.40. The van der Waals surface area contributed by atoms with Crippen molar-refractivity contribution in [3.05, 3.63) is 39.8 Å². The quantitative estimate of drug-likeness (QED) is 0.624. The predicted octanol–water partition coefficient (Wildman–Crippen LogP) is 2.29. The molecule has 4 nitrogen and oxygen atoms in total. The number of hydrogen-bond donors (Lipinski definition) is 1. The molecule has 3 aromatic rings. The van der Waals surface area contributed by atoms with Crippen molar-refractivity contribution >= 4 is 22.2 Å². The van der Waals surface area contributed by atoms with Crippen LogP contribution in [0.2, 0.25) is 0 Å². The molecule has 0 aliphatic heterocycles. The van der Waals surface area contributed by atoms with E-state index in [0.717, 1.165) is 5.56 Å². The Bertz CT molecular complexity index is 753. The van der Waals surface area contributed by atoms with Crippen LogP contribution >= 0.6 is 0 Å². The fourth-order valence-electron chi connectivity index (χ4n) is 1.84. The second-order valence-electron chi connectivity index (χ2n) is 3.93. The molecule has 0 unspecified atom stereocenters. The van der Waals surface area contributed by atoms with Crippen LogP contribution in [0.1, 0.15) is 11.4 Å². The number of fused-ring (bicyclic) bond motifs is 2. The Kier molecular flexibility index (Phi) is 1.68. The van der Waals surface area contributed by atoms with Crippen LogP contribution < -0.4 is 5.43 Å². The zero-order valence-electron chi connectivity index (χ0n) is 9.00. The number of aromatic amines is 1. The SMILES string of the molecule is Cc1ccc2c(=O)c3[nH]c(C)nc3oc2c1. The molecule has 0 atom stereocenters. The second kappa shape index (κ2) is 2.95. The van der Waals surface area contributed by atoms with Gasteiger partial charge in [0, 0.05) is 0 Å². The number of benzene rings is 1. The van der Waals surface area contributed by atoms with Gasteiger partial charge in [0.2, 0.25) is 11.1 Å². The molecule has 80 valence electrons. The van der Waals surface area contributed by atoms with Crippen LogP contribution in [0.4, 0.5) is 0 Å². The summed E-state index contributed by atoms with van der Waals surface area (Å²) in [6.45, 7) is 3.75. The van der Waals surface area contributed by atoms with Crippen molar-refractivity contribution in [2.24, 2.45) is 0 Å². The topological polar surface area (TPSA) is 58.9 Å². The van der Waals surface area contributed by atoms with Crippen LogP contribution in [-0.2, 0) is 0 Å². The molecule has 0 amide bonds. The highest BCUT2D eigenvalue weighted by atomic mass is 16.3. The van der Waals surface area contributed by atoms with Gasteiger partial charge in [0.05, 0.1) is 5.39 Å². The van der Waals surface area contributed by atoms with E-state index >= 15 is 0 Å². The number of aryl methyl sites for hydroxylation is 2. The molecule has 3 rings (SSSR count). The molecule has 2 aromatic heterocycles. The summed E-state index contributed by atoms with van der Waals surface area (Å²) in [6.07, 6.45) is 0. The molecule has 2 heterocycles. The minimum Gasteiger partial charge on any atom is -0.436 e. The van der Waals surface area contributed by atoms with E-state index in [-0.39, 0.29) is 5.43 Å². The van der Waals surface area contributed by atoms with E-state index in [2.05, 4.69) is 9.97 Å². The number of hydrogen-bond acceptors (Lipinski definition) is 3. The molecule has 0 saturated carbocycles. The van der Waals surface area contributed by atoms with Crippen molar-refractivity contribution in [3.63, 3.8) is 0 Å². The maximum Gasteiger partial charge on any atom is 0.249 e. The molecule has 16 heavy (non-hydrogen) atoms. The molecule has 1 aromatic carbocycles. The zero-order valence-corrected chi connectivity index (χ0v) is 9.00. The fourth-order valence-corrected chi connectivity index (χ4v) is 1.84. The lowest BCUT2D eigenvalue weighted by Crippen LogP contribution is -2.01. The highest BCUT2D eigenvalue weighted by Crippen LogP contribution is 2.17. The van der Waals surface area contributed by atoms with Crippen LogP contribution in [0.5, 0.6) is 0 Å². The molecular weight excluding hydrogens is 204 g/mol. The minimum absolute atomic E-state index is 0.0585. The molecule has 4 heteroatoms. The normalized spacial score (nSPS) is 11.4. The summed E-state index contributed by atoms with van der Waals surface area (Å²) >= 11 is 0. The molecule has 0 spiro atoms. The van der Waals surface area contributed by atoms with Crippen molar-refractivity contribution < 1.29 is 4.42 Å². The molecule has 0 radical (unpaired) electrons. The third-order valence-electron chi connectivity index (χ3n) is 2.60. The first-order valence-corrected chi connectivity index (χ1v) is 5.05. The Balaban J connectivity index is 2.60. The van der Waals surface area contributed by atoms with Crippen molar-refractivity contribution in [3.8, 4) is 0 Å². The van der Waals surface area contributed by atoms with Gasteiger partial charge in [-0.1, -0.05) is 6.07 Å². The van der Waals surface area contributed by atoms with E-state index in [4.69, 9.17) is 4.42 Å². The average Bonchev–Trinajstić information content (AvgIpc) is 2.59. The highest BCUT2D eigenvalue weighted by molar-refractivity contribution is 5.86. The van der Waals surface area contributed by atoms with E-state index in [0.29, 0.717) is 28.0 Å². The Morgan fingerprint density at radius 1 is 1.31 bits per heavy atom. The maximum atomic E-state index is 12.1. The third-order valence-corrected chi connectivity index (χ3v) is 2.60. The van der Waals surface area contributed by atoms with Gasteiger partial charge in [0.1, 0.15) is 11.4 Å². The molecule has 0 saturated heterocycles. The first kappa shape index (κ1) is 9.15. The number of aromatic nitrogens is 2. The van der Waals surface area contributed by atoms with Crippen LogP contribution in [-0.4, -0.2) is 9.97 Å². The van der Waals surface area contributed by atoms with Gasteiger partial charge in [0.15, 0.2) is 5.52 Å². The van der Waals surface area contributed by atoms with E-state index in [1.165, 1.54) is 0 Å². The van der Waals surface area contributed by atoms with Gasteiger partial charge in [0.25, 0.3) is 0 Å². The monoisotopic (exact) mass is 214 g/mol. The summed E-state index contributed by atoms with van der Waals surface area (Å²) in [4.78, 5) is 19.1. The molecular formula is C12H10N2O2. The summed E-state index contributed by atoms with van der Waals surface area (Å²) in [7, 11) is 0. The van der Waals surface area contributed by atoms with E-state index in [9.17, 15) is 4.79 Å². The Labute approximate surface area is 90.9 Å². The number of rotatable bonds is 0.